The first-order chi connectivity index (χ1) is 18.0. The standard InChI is InChI=1S/C28H28FN5O3/c29-20-7-6-10-22(17-20)34(26(36)18-33-25-12-5-4-11-24(25)31-32-33)27(19-13-15-23(35)16-14-19)28(37)30-21-8-2-1-3-9-21/h4-7,10-17,21,27,35H,1-3,8-9,18H2,(H,30,37). The minimum atomic E-state index is -1.09. The number of anilines is 1. The first-order valence-corrected chi connectivity index (χ1v) is 12.4. The predicted octanol–water partition coefficient (Wildman–Crippen LogP) is 4.50. The van der Waals surface area contributed by atoms with Gasteiger partial charge in [0.05, 0.1) is 5.52 Å². The molecule has 1 aliphatic carbocycles. The van der Waals surface area contributed by atoms with Crippen LogP contribution in [0.1, 0.15) is 43.7 Å². The summed E-state index contributed by atoms with van der Waals surface area (Å²) in [7, 11) is 0. The van der Waals surface area contributed by atoms with Gasteiger partial charge in [-0.3, -0.25) is 14.5 Å². The van der Waals surface area contributed by atoms with Crippen LogP contribution in [0.25, 0.3) is 11.0 Å². The van der Waals surface area contributed by atoms with Gasteiger partial charge in [0.15, 0.2) is 0 Å². The second-order valence-electron chi connectivity index (χ2n) is 9.32. The van der Waals surface area contributed by atoms with Crippen LogP contribution in [0.4, 0.5) is 10.1 Å². The highest BCUT2D eigenvalue weighted by Crippen LogP contribution is 2.31. The molecule has 8 nitrogen and oxygen atoms in total. The highest BCUT2D eigenvalue weighted by Gasteiger charge is 2.34. The largest absolute Gasteiger partial charge is 0.508 e. The number of benzene rings is 3. The zero-order chi connectivity index (χ0) is 25.8. The van der Waals surface area contributed by atoms with E-state index in [0.717, 1.165) is 32.1 Å². The van der Waals surface area contributed by atoms with Crippen molar-refractivity contribution in [2.75, 3.05) is 4.90 Å². The van der Waals surface area contributed by atoms with Crippen LogP contribution in [-0.4, -0.2) is 38.0 Å². The van der Waals surface area contributed by atoms with Gasteiger partial charge in [0.25, 0.3) is 0 Å². The molecule has 2 N–H and O–H groups in total. The molecule has 1 fully saturated rings. The van der Waals surface area contributed by atoms with E-state index >= 15 is 0 Å². The Labute approximate surface area is 213 Å². The summed E-state index contributed by atoms with van der Waals surface area (Å²) in [5.74, 6) is -1.32. The first-order valence-electron chi connectivity index (χ1n) is 12.4. The van der Waals surface area contributed by atoms with Crippen molar-refractivity contribution in [1.29, 1.82) is 0 Å². The van der Waals surface area contributed by atoms with Crippen LogP contribution < -0.4 is 10.2 Å². The van der Waals surface area contributed by atoms with Gasteiger partial charge in [-0.15, -0.1) is 5.10 Å². The number of para-hydroxylation sites is 1. The molecule has 1 atom stereocenters. The van der Waals surface area contributed by atoms with Crippen LogP contribution >= 0.6 is 0 Å². The summed E-state index contributed by atoms with van der Waals surface area (Å²) in [6.07, 6.45) is 4.93. The Bertz CT molecular complexity index is 1400. The molecular weight excluding hydrogens is 473 g/mol. The number of phenols is 1. The van der Waals surface area contributed by atoms with Crippen molar-refractivity contribution >= 4 is 28.5 Å². The minimum Gasteiger partial charge on any atom is -0.508 e. The van der Waals surface area contributed by atoms with Gasteiger partial charge in [0.2, 0.25) is 11.8 Å². The molecular formula is C28H28FN5O3. The van der Waals surface area contributed by atoms with Crippen LogP contribution in [0.3, 0.4) is 0 Å². The molecule has 0 aliphatic heterocycles. The highest BCUT2D eigenvalue weighted by molar-refractivity contribution is 6.01. The second-order valence-corrected chi connectivity index (χ2v) is 9.32. The zero-order valence-electron chi connectivity index (χ0n) is 20.3. The number of halogens is 1. The van der Waals surface area contributed by atoms with Gasteiger partial charge in [-0.2, -0.15) is 0 Å². The number of nitrogens with zero attached hydrogens (tertiary/aromatic N) is 4. The lowest BCUT2D eigenvalue weighted by Crippen LogP contribution is -2.48. The molecule has 1 saturated carbocycles. The lowest BCUT2D eigenvalue weighted by atomic mass is 9.94. The number of carbonyl (C=O) groups is 2. The summed E-state index contributed by atoms with van der Waals surface area (Å²) in [5.41, 5.74) is 2.04. The third-order valence-electron chi connectivity index (χ3n) is 6.73. The normalized spacial score (nSPS) is 14.8. The molecule has 1 heterocycles. The molecule has 3 aromatic carbocycles. The summed E-state index contributed by atoms with van der Waals surface area (Å²) in [5, 5.41) is 21.2. The number of amides is 2. The van der Waals surface area contributed by atoms with E-state index in [4.69, 9.17) is 0 Å². The molecule has 0 radical (unpaired) electrons. The van der Waals surface area contributed by atoms with E-state index in [0.29, 0.717) is 16.6 Å². The van der Waals surface area contributed by atoms with Crippen LogP contribution in [0.15, 0.2) is 72.8 Å². The van der Waals surface area contributed by atoms with Gasteiger partial charge >= 0.3 is 0 Å². The van der Waals surface area contributed by atoms with Gasteiger partial charge < -0.3 is 10.4 Å². The van der Waals surface area contributed by atoms with E-state index in [2.05, 4.69) is 15.6 Å². The molecule has 0 bridgehead atoms. The number of nitrogens with one attached hydrogen (secondary N) is 1. The number of fused-ring (bicyclic) bond motifs is 1. The molecule has 2 amide bonds. The Morgan fingerprint density at radius 2 is 1.78 bits per heavy atom. The molecule has 0 saturated heterocycles. The average molecular weight is 502 g/mol. The molecule has 1 aliphatic rings. The van der Waals surface area contributed by atoms with Crippen molar-refractivity contribution in [2.45, 2.75) is 50.7 Å². The number of aromatic nitrogens is 3. The molecule has 37 heavy (non-hydrogen) atoms. The topological polar surface area (TPSA) is 100 Å². The summed E-state index contributed by atoms with van der Waals surface area (Å²) in [6, 6.07) is 17.9. The van der Waals surface area contributed by atoms with Gasteiger partial charge in [-0.1, -0.05) is 54.8 Å². The quantitative estimate of drug-likeness (QED) is 0.388. The van der Waals surface area contributed by atoms with Gasteiger partial charge in [-0.25, -0.2) is 9.07 Å². The van der Waals surface area contributed by atoms with Crippen LogP contribution in [0.5, 0.6) is 5.75 Å². The fraction of sp³-hybridized carbons (Fsp3) is 0.286. The number of hydrogen-bond acceptors (Lipinski definition) is 5. The maximum atomic E-state index is 14.4. The summed E-state index contributed by atoms with van der Waals surface area (Å²) >= 11 is 0. The van der Waals surface area contributed by atoms with Crippen LogP contribution in [-0.2, 0) is 16.1 Å². The third-order valence-corrected chi connectivity index (χ3v) is 6.73. The first kappa shape index (κ1) is 24.4. The molecule has 0 spiro atoms. The molecule has 1 unspecified atom stereocenters. The third kappa shape index (κ3) is 5.45. The monoisotopic (exact) mass is 501 g/mol. The van der Waals surface area contributed by atoms with Gasteiger partial charge in [0.1, 0.15) is 29.7 Å². The molecule has 5 rings (SSSR count). The fourth-order valence-electron chi connectivity index (χ4n) is 4.90. The summed E-state index contributed by atoms with van der Waals surface area (Å²) in [4.78, 5) is 29.1. The maximum absolute atomic E-state index is 14.4. The Kier molecular flexibility index (Phi) is 7.11. The van der Waals surface area contributed by atoms with Crippen molar-refractivity contribution in [3.63, 3.8) is 0 Å². The van der Waals surface area contributed by atoms with Crippen molar-refractivity contribution in [2.24, 2.45) is 0 Å². The van der Waals surface area contributed by atoms with Crippen LogP contribution in [0, 0.1) is 5.82 Å². The Morgan fingerprint density at radius 1 is 1.03 bits per heavy atom. The average Bonchev–Trinajstić information content (AvgIpc) is 3.31. The SMILES string of the molecule is O=C(NC1CCCCC1)C(c1ccc(O)cc1)N(C(=O)Cn1nnc2ccccc21)c1cccc(F)c1. The van der Waals surface area contributed by atoms with E-state index in [1.165, 1.54) is 39.9 Å². The van der Waals surface area contributed by atoms with E-state index in [1.807, 2.05) is 18.2 Å². The van der Waals surface area contributed by atoms with Crippen molar-refractivity contribution in [1.82, 2.24) is 20.3 Å². The Morgan fingerprint density at radius 3 is 2.54 bits per heavy atom. The number of carbonyl (C=O) groups excluding carboxylic acids is 2. The number of hydrogen-bond donors (Lipinski definition) is 2. The zero-order valence-corrected chi connectivity index (χ0v) is 20.3. The highest BCUT2D eigenvalue weighted by atomic mass is 19.1. The number of aromatic hydroxyl groups is 1. The lowest BCUT2D eigenvalue weighted by Gasteiger charge is -2.33. The minimum absolute atomic E-state index is 0.00425. The maximum Gasteiger partial charge on any atom is 0.249 e. The summed E-state index contributed by atoms with van der Waals surface area (Å²) in [6.45, 7) is -0.206. The predicted molar refractivity (Wildman–Crippen MR) is 137 cm³/mol. The van der Waals surface area contributed by atoms with Crippen molar-refractivity contribution < 1.29 is 19.1 Å². The van der Waals surface area contributed by atoms with Crippen LogP contribution in [0.2, 0.25) is 0 Å². The van der Waals surface area contributed by atoms with E-state index < -0.39 is 17.8 Å². The summed E-state index contributed by atoms with van der Waals surface area (Å²) < 4.78 is 15.8. The molecule has 1 aromatic heterocycles. The van der Waals surface area contributed by atoms with E-state index in [9.17, 15) is 19.1 Å². The van der Waals surface area contributed by atoms with Gasteiger partial charge in [-0.05, 0) is 60.9 Å². The van der Waals surface area contributed by atoms with E-state index in [1.54, 1.807) is 24.3 Å². The smallest absolute Gasteiger partial charge is 0.249 e. The lowest BCUT2D eigenvalue weighted by molar-refractivity contribution is -0.127. The van der Waals surface area contributed by atoms with Gasteiger partial charge in [0, 0.05) is 11.7 Å². The van der Waals surface area contributed by atoms with E-state index in [-0.39, 0.29) is 29.9 Å². The number of phenolic OH excluding ortho intramolecular Hbond substituents is 1. The molecule has 9 heteroatoms. The number of rotatable bonds is 7. The second kappa shape index (κ2) is 10.8. The Hall–Kier alpha value is -4.27. The fourth-order valence-corrected chi connectivity index (χ4v) is 4.90. The molecule has 4 aromatic rings. The van der Waals surface area contributed by atoms with Crippen molar-refractivity contribution in [3.8, 4) is 5.75 Å². The Balaban J connectivity index is 1.56. The van der Waals surface area contributed by atoms with Crippen molar-refractivity contribution in [3.05, 3.63) is 84.2 Å². The molecule has 190 valence electrons.